The fraction of sp³-hybridized carbons (Fsp3) is 0.111. The molecule has 1 aromatic rings. The number of aliphatic carboxylic acids is 1. The van der Waals surface area contributed by atoms with Crippen molar-refractivity contribution in [1.29, 1.82) is 0 Å². The van der Waals surface area contributed by atoms with Crippen LogP contribution in [0.1, 0.15) is 10.4 Å². The zero-order valence-corrected chi connectivity index (χ0v) is 29.4. The molecule has 0 fully saturated rings. The van der Waals surface area contributed by atoms with Crippen LogP contribution in [0, 0.1) is 0 Å². The molecule has 0 saturated heterocycles. The Hall–Kier alpha value is 4.77. The quantitative estimate of drug-likeness (QED) is 0.186. The number of nitrogens with one attached hydrogen (secondary N) is 1. The zero-order valence-electron chi connectivity index (χ0n) is 15.1. The van der Waals surface area contributed by atoms with Crippen LogP contribution in [0.3, 0.4) is 0 Å². The second-order valence-corrected chi connectivity index (χ2v) is 6.12. The minimum absolute atomic E-state index is 0. The molecule has 130 valence electrons. The summed E-state index contributed by atoms with van der Waals surface area (Å²) < 4.78 is 21.2. The van der Waals surface area contributed by atoms with Gasteiger partial charge in [0.1, 0.15) is 6.54 Å². The summed E-state index contributed by atoms with van der Waals surface area (Å²) in [7, 11) is -11.4. The van der Waals surface area contributed by atoms with Gasteiger partial charge in [0.25, 0.3) is 5.91 Å². The van der Waals surface area contributed by atoms with Crippen molar-refractivity contribution in [2.75, 3.05) is 12.3 Å². The molecule has 0 atom stereocenters. The smallest absolute Gasteiger partial charge is 0.790 e. The molecule has 0 aliphatic rings. The third-order valence-corrected chi connectivity index (χ3v) is 3.37. The predicted octanol–water partition coefficient (Wildman–Crippen LogP) is -15.2. The van der Waals surface area contributed by atoms with Crippen molar-refractivity contribution in [2.45, 2.75) is 0 Å². The van der Waals surface area contributed by atoms with Gasteiger partial charge in [-0.3, -0.25) is 9.59 Å². The molecular formula is C9H10K4N2O10P2. The van der Waals surface area contributed by atoms with Crippen LogP contribution in [-0.4, -0.2) is 23.5 Å². The molecule has 0 aliphatic heterocycles. The molecule has 0 saturated carbocycles. The van der Waals surface area contributed by atoms with Crippen molar-refractivity contribution in [3.05, 3.63) is 29.8 Å². The molecule has 0 heterocycles. The van der Waals surface area contributed by atoms with Crippen LogP contribution < -0.4 is 236 Å². The maximum atomic E-state index is 11.2. The maximum Gasteiger partial charge on any atom is 1.00 e. The van der Waals surface area contributed by atoms with E-state index >= 15 is 0 Å². The van der Waals surface area contributed by atoms with Crippen LogP contribution in [0.4, 0.5) is 5.69 Å². The molecule has 18 heteroatoms. The Balaban J connectivity index is -0.000000112. The van der Waals surface area contributed by atoms with Gasteiger partial charge in [0.2, 0.25) is 0 Å². The van der Waals surface area contributed by atoms with E-state index in [2.05, 4.69) is 9.63 Å². The Labute approximate surface area is 325 Å². The molecule has 4 N–H and O–H groups in total. The van der Waals surface area contributed by atoms with Gasteiger partial charge in [-0.1, -0.05) is 0 Å². The Kier molecular flexibility index (Phi) is 33.1. The number of carbonyl (C=O) groups excluding carboxylic acids is 1. The topological polar surface area (TPSA) is 228 Å². The Morgan fingerprint density at radius 2 is 1.33 bits per heavy atom. The first-order chi connectivity index (χ1) is 10.3. The molecule has 1 rings (SSSR count). The molecule has 27 heavy (non-hydrogen) atoms. The number of hydrogen-bond donors (Lipinski definition) is 3. The fourth-order valence-corrected chi connectivity index (χ4v) is 1.99. The van der Waals surface area contributed by atoms with Crippen molar-refractivity contribution in [2.24, 2.45) is 0 Å². The first-order valence-corrected chi connectivity index (χ1v) is 8.33. The second-order valence-electron chi connectivity index (χ2n) is 3.67. The third kappa shape index (κ3) is 28.7. The molecule has 0 aliphatic carbocycles. The van der Waals surface area contributed by atoms with Gasteiger partial charge in [-0.25, -0.2) is 0 Å². The van der Waals surface area contributed by atoms with E-state index < -0.39 is 27.5 Å². The molecular weight excluding hydrogens is 514 g/mol. The first kappa shape index (κ1) is 42.0. The van der Waals surface area contributed by atoms with Crippen LogP contribution >= 0.6 is 15.6 Å². The number of carboxylic acids is 1. The number of benzene rings is 1. The van der Waals surface area contributed by atoms with E-state index in [-0.39, 0.29) is 212 Å². The predicted molar refractivity (Wildman–Crippen MR) is 67.1 cm³/mol. The Morgan fingerprint density at radius 1 is 0.963 bits per heavy atom. The van der Waals surface area contributed by atoms with E-state index in [0.717, 1.165) is 0 Å². The van der Waals surface area contributed by atoms with Crippen LogP contribution in [0.5, 0.6) is 0 Å². The van der Waals surface area contributed by atoms with E-state index in [1.165, 1.54) is 12.1 Å². The standard InChI is InChI=1S/C9H10N2O3.4K.H4O7P2/c10-7-3-1-6(2-4-7)9(14)11-5-8(12)13;;;;;1-8(2,3)7-9(4,5)6/h1-4H,5,10H2,(H,11,14)(H,12,13);;;;;(H2,1,2,3)(H2,4,5,6)/q;4*+1;/p-4. The van der Waals surface area contributed by atoms with Crippen molar-refractivity contribution < 1.29 is 253 Å². The average molecular weight is 525 g/mol. The van der Waals surface area contributed by atoms with Gasteiger partial charge in [-0.2, -0.15) is 0 Å². The monoisotopic (exact) mass is 524 g/mol. The number of nitrogens with two attached hydrogens (primary N) is 1. The molecule has 1 aromatic carbocycles. The summed E-state index contributed by atoms with van der Waals surface area (Å²) in [5.41, 5.74) is 6.37. The second kappa shape index (κ2) is 21.3. The molecule has 0 aromatic heterocycles. The largest absolute Gasteiger partial charge is 1.00 e. The van der Waals surface area contributed by atoms with Gasteiger partial charge in [0.15, 0.2) is 0 Å². The molecule has 0 bridgehead atoms. The minimum atomic E-state index is -5.68. The summed E-state index contributed by atoms with van der Waals surface area (Å²) in [6.45, 7) is -0.386. The summed E-state index contributed by atoms with van der Waals surface area (Å²) in [4.78, 5) is 58.7. The third-order valence-electron chi connectivity index (χ3n) is 1.77. The molecule has 0 spiro atoms. The van der Waals surface area contributed by atoms with Gasteiger partial charge < -0.3 is 49.2 Å². The van der Waals surface area contributed by atoms with Crippen molar-refractivity contribution in [3.8, 4) is 0 Å². The molecule has 0 radical (unpaired) electrons. The number of anilines is 1. The number of nitrogen functional groups attached to an aromatic ring is 1. The van der Waals surface area contributed by atoms with Crippen molar-refractivity contribution in [1.82, 2.24) is 5.32 Å². The number of carboxylic acid groups (broad SMARTS) is 1. The van der Waals surface area contributed by atoms with E-state index in [9.17, 15) is 38.3 Å². The maximum absolute atomic E-state index is 11.2. The van der Waals surface area contributed by atoms with Crippen LogP contribution in [0.15, 0.2) is 24.3 Å². The SMILES string of the molecule is Nc1ccc(C(=O)NCC(=O)O)cc1.O=P([O-])([O-])OP(=O)([O-])[O-].[K+].[K+].[K+].[K+]. The number of rotatable bonds is 5. The number of phosphoric acid groups is 2. The van der Waals surface area contributed by atoms with E-state index in [4.69, 9.17) is 10.8 Å². The van der Waals surface area contributed by atoms with E-state index in [1.54, 1.807) is 12.1 Å². The Morgan fingerprint density at radius 3 is 1.59 bits per heavy atom. The van der Waals surface area contributed by atoms with Crippen LogP contribution in [0.25, 0.3) is 0 Å². The average Bonchev–Trinajstić information content (AvgIpc) is 2.33. The normalized spacial score (nSPS) is 9.48. The summed E-state index contributed by atoms with van der Waals surface area (Å²) in [5.74, 6) is -1.50. The van der Waals surface area contributed by atoms with Gasteiger partial charge in [-0.15, -0.1) is 0 Å². The van der Waals surface area contributed by atoms with Gasteiger partial charge >= 0.3 is 212 Å². The van der Waals surface area contributed by atoms with E-state index in [1.807, 2.05) is 0 Å². The van der Waals surface area contributed by atoms with Gasteiger partial charge in [-0.05, 0) is 24.3 Å². The molecule has 1 amide bonds. The number of carbonyl (C=O) groups is 2. The van der Waals surface area contributed by atoms with E-state index in [0.29, 0.717) is 11.3 Å². The summed E-state index contributed by atoms with van der Waals surface area (Å²) in [6.07, 6.45) is 0. The number of amides is 1. The summed E-state index contributed by atoms with van der Waals surface area (Å²) in [6, 6.07) is 6.23. The number of hydrogen-bond acceptors (Lipinski definition) is 10. The molecule has 12 nitrogen and oxygen atoms in total. The minimum Gasteiger partial charge on any atom is -0.790 e. The van der Waals surface area contributed by atoms with Crippen LogP contribution in [-0.2, 0) is 18.2 Å². The zero-order chi connectivity index (χ0) is 18.3. The van der Waals surface area contributed by atoms with Gasteiger partial charge in [0.05, 0.1) is 15.6 Å². The van der Waals surface area contributed by atoms with Crippen molar-refractivity contribution in [3.63, 3.8) is 0 Å². The summed E-state index contributed by atoms with van der Waals surface area (Å²) in [5, 5.41) is 10.6. The first-order valence-electron chi connectivity index (χ1n) is 5.41. The van der Waals surface area contributed by atoms with Crippen LogP contribution in [0.2, 0.25) is 0 Å². The van der Waals surface area contributed by atoms with Gasteiger partial charge in [0, 0.05) is 11.3 Å². The van der Waals surface area contributed by atoms with Crippen molar-refractivity contribution >= 4 is 33.2 Å². The molecule has 0 unspecified atom stereocenters. The fourth-order valence-electron chi connectivity index (χ4n) is 1.01. The Bertz CT molecular complexity index is 631. The summed E-state index contributed by atoms with van der Waals surface area (Å²) >= 11 is 0.